The van der Waals surface area contributed by atoms with Gasteiger partial charge in [-0.05, 0) is 25.0 Å². The van der Waals surface area contributed by atoms with Gasteiger partial charge in [-0.2, -0.15) is 0 Å². The van der Waals surface area contributed by atoms with Gasteiger partial charge in [-0.25, -0.2) is 0 Å². The van der Waals surface area contributed by atoms with Crippen molar-refractivity contribution in [3.8, 4) is 11.3 Å². The third kappa shape index (κ3) is 4.50. The molecule has 0 N–H and O–H groups in total. The van der Waals surface area contributed by atoms with Gasteiger partial charge in [0.2, 0.25) is 0 Å². The van der Waals surface area contributed by atoms with E-state index in [2.05, 4.69) is 34.1 Å². The standard InChI is InChI=1S/C16H20BrNO/c1-2-3-4-5-6-7-15-12-16(19-18-15)13-8-10-14(17)11-9-13/h8-12H,2-7H2,1H3. The van der Waals surface area contributed by atoms with E-state index >= 15 is 0 Å². The van der Waals surface area contributed by atoms with Crippen LogP contribution in [0, 0.1) is 0 Å². The van der Waals surface area contributed by atoms with Gasteiger partial charge in [-0.15, -0.1) is 0 Å². The lowest BCUT2D eigenvalue weighted by molar-refractivity contribution is 0.421. The van der Waals surface area contributed by atoms with E-state index in [4.69, 9.17) is 4.52 Å². The van der Waals surface area contributed by atoms with E-state index in [1.54, 1.807) is 0 Å². The molecule has 2 nitrogen and oxygen atoms in total. The van der Waals surface area contributed by atoms with Crippen molar-refractivity contribution in [2.75, 3.05) is 0 Å². The lowest BCUT2D eigenvalue weighted by atomic mass is 10.1. The average Bonchev–Trinajstić information content (AvgIpc) is 2.88. The minimum atomic E-state index is 0.857. The molecule has 3 heteroatoms. The Balaban J connectivity index is 1.86. The third-order valence-corrected chi connectivity index (χ3v) is 3.75. The van der Waals surface area contributed by atoms with Crippen LogP contribution in [0.1, 0.15) is 44.7 Å². The first-order valence-electron chi connectivity index (χ1n) is 7.01. The molecule has 0 unspecified atom stereocenters. The molecule has 1 heterocycles. The van der Waals surface area contributed by atoms with Crippen LogP contribution in [0.2, 0.25) is 0 Å². The Kier molecular flexibility index (Phi) is 5.64. The average molecular weight is 322 g/mol. The lowest BCUT2D eigenvalue weighted by Gasteiger charge is -1.96. The largest absolute Gasteiger partial charge is 0.356 e. The Morgan fingerprint density at radius 2 is 1.79 bits per heavy atom. The summed E-state index contributed by atoms with van der Waals surface area (Å²) in [5, 5.41) is 4.15. The maximum Gasteiger partial charge on any atom is 0.167 e. The van der Waals surface area contributed by atoms with Gasteiger partial charge in [0.15, 0.2) is 5.76 Å². The van der Waals surface area contributed by atoms with Crippen LogP contribution in [-0.4, -0.2) is 5.16 Å². The zero-order valence-electron chi connectivity index (χ0n) is 11.4. The van der Waals surface area contributed by atoms with Crippen molar-refractivity contribution in [1.29, 1.82) is 0 Å². The molecule has 0 aliphatic heterocycles. The van der Waals surface area contributed by atoms with Crippen LogP contribution in [0.25, 0.3) is 11.3 Å². The van der Waals surface area contributed by atoms with E-state index < -0.39 is 0 Å². The molecule has 0 saturated heterocycles. The number of aromatic nitrogens is 1. The van der Waals surface area contributed by atoms with E-state index in [9.17, 15) is 0 Å². The number of unbranched alkanes of at least 4 members (excludes halogenated alkanes) is 4. The van der Waals surface area contributed by atoms with E-state index in [-0.39, 0.29) is 0 Å². The van der Waals surface area contributed by atoms with Crippen LogP contribution in [-0.2, 0) is 6.42 Å². The fraction of sp³-hybridized carbons (Fsp3) is 0.438. The molecule has 102 valence electrons. The molecule has 2 aromatic rings. The van der Waals surface area contributed by atoms with E-state index in [0.29, 0.717) is 0 Å². The molecule has 0 aliphatic rings. The highest BCUT2D eigenvalue weighted by molar-refractivity contribution is 9.10. The maximum atomic E-state index is 5.40. The summed E-state index contributed by atoms with van der Waals surface area (Å²) < 4.78 is 6.48. The topological polar surface area (TPSA) is 26.0 Å². The smallest absolute Gasteiger partial charge is 0.167 e. The van der Waals surface area contributed by atoms with Crippen LogP contribution in [0.3, 0.4) is 0 Å². The van der Waals surface area contributed by atoms with Crippen molar-refractivity contribution in [2.45, 2.75) is 45.4 Å². The van der Waals surface area contributed by atoms with Gasteiger partial charge in [0.05, 0.1) is 5.69 Å². The summed E-state index contributed by atoms with van der Waals surface area (Å²) in [4.78, 5) is 0. The summed E-state index contributed by atoms with van der Waals surface area (Å²) in [7, 11) is 0. The summed E-state index contributed by atoms with van der Waals surface area (Å²) in [5.41, 5.74) is 2.14. The second-order valence-corrected chi connectivity index (χ2v) is 5.77. The normalized spacial score (nSPS) is 10.8. The zero-order valence-corrected chi connectivity index (χ0v) is 12.9. The van der Waals surface area contributed by atoms with Crippen molar-refractivity contribution < 1.29 is 4.52 Å². The van der Waals surface area contributed by atoms with Crippen molar-refractivity contribution in [3.63, 3.8) is 0 Å². The van der Waals surface area contributed by atoms with Gasteiger partial charge in [0.25, 0.3) is 0 Å². The summed E-state index contributed by atoms with van der Waals surface area (Å²) in [6.45, 7) is 2.24. The Morgan fingerprint density at radius 3 is 2.53 bits per heavy atom. The van der Waals surface area contributed by atoms with Crippen LogP contribution in [0.4, 0.5) is 0 Å². The van der Waals surface area contributed by atoms with Crippen molar-refractivity contribution in [3.05, 3.63) is 40.5 Å². The Morgan fingerprint density at radius 1 is 1.05 bits per heavy atom. The summed E-state index contributed by atoms with van der Waals surface area (Å²) >= 11 is 3.43. The predicted molar refractivity (Wildman–Crippen MR) is 82.1 cm³/mol. The van der Waals surface area contributed by atoms with E-state index in [1.165, 1.54) is 32.1 Å². The Hall–Kier alpha value is -1.09. The van der Waals surface area contributed by atoms with Gasteiger partial charge < -0.3 is 4.52 Å². The molecule has 0 radical (unpaired) electrons. The van der Waals surface area contributed by atoms with Crippen molar-refractivity contribution >= 4 is 15.9 Å². The molecule has 1 aromatic heterocycles. The van der Waals surface area contributed by atoms with E-state index in [1.807, 2.05) is 24.3 Å². The molecule has 0 saturated carbocycles. The Labute approximate surface area is 123 Å². The molecule has 1 aromatic carbocycles. The molecule has 0 bridgehead atoms. The highest BCUT2D eigenvalue weighted by Crippen LogP contribution is 2.23. The fourth-order valence-corrected chi connectivity index (χ4v) is 2.35. The van der Waals surface area contributed by atoms with Gasteiger partial charge in [-0.3, -0.25) is 0 Å². The Bertz CT molecular complexity index is 490. The molecular weight excluding hydrogens is 302 g/mol. The monoisotopic (exact) mass is 321 g/mol. The second-order valence-electron chi connectivity index (χ2n) is 4.85. The van der Waals surface area contributed by atoms with Gasteiger partial charge in [0.1, 0.15) is 0 Å². The molecule has 2 rings (SSSR count). The number of nitrogens with zero attached hydrogens (tertiary/aromatic N) is 1. The number of rotatable bonds is 7. The minimum absolute atomic E-state index is 0.857. The van der Waals surface area contributed by atoms with Gasteiger partial charge >= 0.3 is 0 Å². The molecule has 0 spiro atoms. The molecular formula is C16H20BrNO. The molecule has 0 amide bonds. The number of benzene rings is 1. The third-order valence-electron chi connectivity index (χ3n) is 3.22. The van der Waals surface area contributed by atoms with Gasteiger partial charge in [0, 0.05) is 16.1 Å². The zero-order chi connectivity index (χ0) is 13.5. The summed E-state index contributed by atoms with van der Waals surface area (Å²) in [6, 6.07) is 10.2. The lowest BCUT2D eigenvalue weighted by Crippen LogP contribution is -1.85. The SMILES string of the molecule is CCCCCCCc1cc(-c2ccc(Br)cc2)on1. The second kappa shape index (κ2) is 7.49. The highest BCUT2D eigenvalue weighted by Gasteiger charge is 2.06. The molecule has 0 atom stereocenters. The number of hydrogen-bond acceptors (Lipinski definition) is 2. The first kappa shape index (κ1) is 14.3. The van der Waals surface area contributed by atoms with E-state index in [0.717, 1.165) is 27.9 Å². The maximum absolute atomic E-state index is 5.40. The van der Waals surface area contributed by atoms with Crippen molar-refractivity contribution in [2.24, 2.45) is 0 Å². The fourth-order valence-electron chi connectivity index (χ4n) is 2.09. The van der Waals surface area contributed by atoms with Gasteiger partial charge in [-0.1, -0.05) is 65.8 Å². The molecule has 19 heavy (non-hydrogen) atoms. The van der Waals surface area contributed by atoms with Crippen LogP contribution < -0.4 is 0 Å². The minimum Gasteiger partial charge on any atom is -0.356 e. The number of aryl methyl sites for hydroxylation is 1. The van der Waals surface area contributed by atoms with Crippen LogP contribution in [0.15, 0.2) is 39.3 Å². The van der Waals surface area contributed by atoms with Crippen LogP contribution in [0.5, 0.6) is 0 Å². The molecule has 0 fully saturated rings. The summed E-state index contributed by atoms with van der Waals surface area (Å²) in [6.07, 6.45) is 7.46. The number of hydrogen-bond donors (Lipinski definition) is 0. The van der Waals surface area contributed by atoms with Crippen molar-refractivity contribution in [1.82, 2.24) is 5.16 Å². The highest BCUT2D eigenvalue weighted by atomic mass is 79.9. The number of halogens is 1. The predicted octanol–water partition coefficient (Wildman–Crippen LogP) is 5.62. The first-order valence-corrected chi connectivity index (χ1v) is 7.80. The quantitative estimate of drug-likeness (QED) is 0.619. The summed E-state index contributed by atoms with van der Waals surface area (Å²) in [5.74, 6) is 0.857. The van der Waals surface area contributed by atoms with Crippen LogP contribution >= 0.6 is 15.9 Å². The molecule has 0 aliphatic carbocycles. The first-order chi connectivity index (χ1) is 9.29.